The van der Waals surface area contributed by atoms with E-state index in [0.29, 0.717) is 5.88 Å². The van der Waals surface area contributed by atoms with Crippen molar-refractivity contribution in [2.24, 2.45) is 0 Å². The molecule has 0 saturated carbocycles. The molecule has 2 rings (SSSR count). The summed E-state index contributed by atoms with van der Waals surface area (Å²) in [5.74, 6) is 0.715. The molecule has 2 heteroatoms. The molecule has 14 heavy (non-hydrogen) atoms. The third kappa shape index (κ3) is 2.08. The first-order chi connectivity index (χ1) is 6.90. The molecule has 1 nitrogen and oxygen atoms in total. The highest BCUT2D eigenvalue weighted by Gasteiger charge is 1.94. The lowest BCUT2D eigenvalue weighted by Gasteiger charge is -2.03. The van der Waals surface area contributed by atoms with Gasteiger partial charge in [-0.25, -0.2) is 0 Å². The third-order valence-electron chi connectivity index (χ3n) is 2.25. The van der Waals surface area contributed by atoms with Gasteiger partial charge >= 0.3 is 0 Å². The van der Waals surface area contributed by atoms with Crippen LogP contribution in [0.5, 0.6) is 0 Å². The summed E-state index contributed by atoms with van der Waals surface area (Å²) in [5, 5.41) is 5.78. The molecule has 0 heterocycles. The van der Waals surface area contributed by atoms with Crippen molar-refractivity contribution >= 4 is 23.4 Å². The van der Waals surface area contributed by atoms with Gasteiger partial charge in [-0.05, 0) is 22.4 Å². The Bertz CT molecular complexity index is 425. The van der Waals surface area contributed by atoms with Crippen LogP contribution in [0.15, 0.2) is 42.5 Å². The molecule has 1 N–H and O–H groups in total. The van der Waals surface area contributed by atoms with Crippen molar-refractivity contribution in [2.75, 3.05) is 5.88 Å². The molecule has 0 aliphatic carbocycles. The standard InChI is InChI=1S/C12H13NS/c14-9-13-8-10-5-6-11-3-1-2-4-12(11)7-10/h1-7,13-14H,8-9H2. The average Bonchev–Trinajstić information content (AvgIpc) is 2.26. The number of hydrogen-bond donors (Lipinski definition) is 2. The molecule has 0 amide bonds. The molecule has 2 aromatic rings. The maximum atomic E-state index is 4.11. The number of hydrogen-bond acceptors (Lipinski definition) is 2. The van der Waals surface area contributed by atoms with E-state index in [2.05, 4.69) is 60.4 Å². The second kappa shape index (κ2) is 4.49. The fourth-order valence-electron chi connectivity index (χ4n) is 1.55. The van der Waals surface area contributed by atoms with E-state index < -0.39 is 0 Å². The third-order valence-corrected chi connectivity index (χ3v) is 2.48. The Morgan fingerprint density at radius 1 is 1.00 bits per heavy atom. The van der Waals surface area contributed by atoms with Gasteiger partial charge in [0.05, 0.1) is 0 Å². The summed E-state index contributed by atoms with van der Waals surface area (Å²) >= 11 is 4.11. The van der Waals surface area contributed by atoms with Crippen LogP contribution < -0.4 is 5.32 Å². The Morgan fingerprint density at radius 3 is 2.57 bits per heavy atom. The maximum absolute atomic E-state index is 4.11. The summed E-state index contributed by atoms with van der Waals surface area (Å²) in [6.45, 7) is 0.883. The van der Waals surface area contributed by atoms with E-state index in [9.17, 15) is 0 Å². The quantitative estimate of drug-likeness (QED) is 0.577. The first-order valence-corrected chi connectivity index (χ1v) is 5.32. The lowest BCUT2D eigenvalue weighted by atomic mass is 10.1. The van der Waals surface area contributed by atoms with Gasteiger partial charge in [0.15, 0.2) is 0 Å². The SMILES string of the molecule is SCNCc1ccc2ccccc2c1. The van der Waals surface area contributed by atoms with Gasteiger partial charge in [-0.2, -0.15) is 12.6 Å². The van der Waals surface area contributed by atoms with Crippen LogP contribution in [-0.2, 0) is 6.54 Å². The van der Waals surface area contributed by atoms with Crippen molar-refractivity contribution in [2.45, 2.75) is 6.54 Å². The predicted octanol–water partition coefficient (Wildman–Crippen LogP) is 2.82. The van der Waals surface area contributed by atoms with Gasteiger partial charge in [-0.15, -0.1) is 0 Å². The van der Waals surface area contributed by atoms with Crippen molar-refractivity contribution in [1.29, 1.82) is 0 Å². The van der Waals surface area contributed by atoms with Gasteiger partial charge in [-0.1, -0.05) is 36.4 Å². The summed E-state index contributed by atoms with van der Waals surface area (Å²) in [6.07, 6.45) is 0. The lowest BCUT2D eigenvalue weighted by molar-refractivity contribution is 0.800. The Hall–Kier alpha value is -0.990. The highest BCUT2D eigenvalue weighted by atomic mass is 32.1. The van der Waals surface area contributed by atoms with E-state index in [0.717, 1.165) is 6.54 Å². The average molecular weight is 203 g/mol. The molecule has 0 fully saturated rings. The molecule has 0 bridgehead atoms. The summed E-state index contributed by atoms with van der Waals surface area (Å²) in [6, 6.07) is 14.9. The zero-order valence-electron chi connectivity index (χ0n) is 7.90. The number of nitrogens with one attached hydrogen (secondary N) is 1. The van der Waals surface area contributed by atoms with Crippen LogP contribution in [0, 0.1) is 0 Å². The molecular weight excluding hydrogens is 190 g/mol. The summed E-state index contributed by atoms with van der Waals surface area (Å²) in [4.78, 5) is 0. The van der Waals surface area contributed by atoms with E-state index in [-0.39, 0.29) is 0 Å². The second-order valence-electron chi connectivity index (χ2n) is 3.27. The van der Waals surface area contributed by atoms with Gasteiger partial charge in [-0.3, -0.25) is 0 Å². The minimum Gasteiger partial charge on any atom is -0.304 e. The fraction of sp³-hybridized carbons (Fsp3) is 0.167. The van der Waals surface area contributed by atoms with Crippen molar-refractivity contribution < 1.29 is 0 Å². The zero-order chi connectivity index (χ0) is 9.80. The highest BCUT2D eigenvalue weighted by Crippen LogP contribution is 2.15. The van der Waals surface area contributed by atoms with Crippen LogP contribution in [0.2, 0.25) is 0 Å². The van der Waals surface area contributed by atoms with E-state index in [4.69, 9.17) is 0 Å². The molecule has 0 aromatic heterocycles. The number of rotatable bonds is 3. The lowest BCUT2D eigenvalue weighted by Crippen LogP contribution is -2.09. The molecule has 0 radical (unpaired) electrons. The second-order valence-corrected chi connectivity index (χ2v) is 3.58. The van der Waals surface area contributed by atoms with Crippen molar-refractivity contribution in [3.8, 4) is 0 Å². The smallest absolute Gasteiger partial charge is 0.0390 e. The number of thiol groups is 1. The van der Waals surface area contributed by atoms with Crippen LogP contribution in [0.3, 0.4) is 0 Å². The van der Waals surface area contributed by atoms with Crippen molar-refractivity contribution in [1.82, 2.24) is 5.32 Å². The van der Waals surface area contributed by atoms with E-state index in [1.54, 1.807) is 0 Å². The number of benzene rings is 2. The van der Waals surface area contributed by atoms with Crippen LogP contribution in [0.4, 0.5) is 0 Å². The van der Waals surface area contributed by atoms with Gasteiger partial charge in [0.1, 0.15) is 0 Å². The predicted molar refractivity (Wildman–Crippen MR) is 64.6 cm³/mol. The summed E-state index contributed by atoms with van der Waals surface area (Å²) < 4.78 is 0. The Balaban J connectivity index is 2.32. The largest absolute Gasteiger partial charge is 0.304 e. The molecule has 0 unspecified atom stereocenters. The fourth-order valence-corrected chi connectivity index (χ4v) is 1.66. The molecular formula is C12H13NS. The Labute approximate surface area is 89.5 Å². The highest BCUT2D eigenvalue weighted by molar-refractivity contribution is 7.80. The Morgan fingerprint density at radius 2 is 1.79 bits per heavy atom. The van der Waals surface area contributed by atoms with Crippen molar-refractivity contribution in [3.05, 3.63) is 48.0 Å². The number of fused-ring (bicyclic) bond motifs is 1. The molecule has 72 valence electrons. The Kier molecular flexibility index (Phi) is 3.07. The van der Waals surface area contributed by atoms with Crippen molar-refractivity contribution in [3.63, 3.8) is 0 Å². The zero-order valence-corrected chi connectivity index (χ0v) is 8.80. The van der Waals surface area contributed by atoms with Crippen LogP contribution >= 0.6 is 12.6 Å². The first-order valence-electron chi connectivity index (χ1n) is 4.69. The topological polar surface area (TPSA) is 12.0 Å². The van der Waals surface area contributed by atoms with Gasteiger partial charge < -0.3 is 5.32 Å². The molecule has 0 atom stereocenters. The molecule has 0 saturated heterocycles. The van der Waals surface area contributed by atoms with Gasteiger partial charge in [0.25, 0.3) is 0 Å². The van der Waals surface area contributed by atoms with Gasteiger partial charge in [0, 0.05) is 12.4 Å². The van der Waals surface area contributed by atoms with Gasteiger partial charge in [0.2, 0.25) is 0 Å². The molecule has 0 aliphatic rings. The molecule has 2 aromatic carbocycles. The maximum Gasteiger partial charge on any atom is 0.0390 e. The first kappa shape index (κ1) is 9.56. The minimum absolute atomic E-state index is 0.715. The van der Waals surface area contributed by atoms with Crippen LogP contribution in [-0.4, -0.2) is 5.88 Å². The summed E-state index contributed by atoms with van der Waals surface area (Å²) in [7, 11) is 0. The molecule has 0 aliphatic heterocycles. The van der Waals surface area contributed by atoms with E-state index in [1.165, 1.54) is 16.3 Å². The van der Waals surface area contributed by atoms with Crippen LogP contribution in [0.25, 0.3) is 10.8 Å². The minimum atomic E-state index is 0.715. The van der Waals surface area contributed by atoms with E-state index in [1.807, 2.05) is 0 Å². The molecule has 0 spiro atoms. The summed E-state index contributed by atoms with van der Waals surface area (Å²) in [5.41, 5.74) is 1.30. The van der Waals surface area contributed by atoms with E-state index >= 15 is 0 Å². The monoisotopic (exact) mass is 203 g/mol. The normalized spacial score (nSPS) is 10.6. The van der Waals surface area contributed by atoms with Crippen LogP contribution in [0.1, 0.15) is 5.56 Å².